The van der Waals surface area contributed by atoms with Crippen LogP contribution < -0.4 is 0 Å². The monoisotopic (exact) mass is 242 g/mol. The number of hydrogen-bond acceptors (Lipinski definition) is 1. The number of carbonyl (C=O) groups is 1. The number of carboxylic acids is 1. The van der Waals surface area contributed by atoms with E-state index in [2.05, 4.69) is 0 Å². The van der Waals surface area contributed by atoms with E-state index in [0.29, 0.717) is 5.56 Å². The average Bonchev–Trinajstić information content (AvgIpc) is 2.92. The molecule has 0 amide bonds. The molecule has 1 saturated carbocycles. The maximum Gasteiger partial charge on any atom is 0.304 e. The van der Waals surface area contributed by atoms with Crippen LogP contribution in [0.25, 0.3) is 0 Å². The highest BCUT2D eigenvalue weighted by Gasteiger charge is 2.48. The smallest absolute Gasteiger partial charge is 0.304 e. The molecular formula is C12H12ClFO2. The molecule has 1 aromatic rings. The highest BCUT2D eigenvalue weighted by atomic mass is 35.5. The van der Waals surface area contributed by atoms with Crippen LogP contribution in [-0.2, 0) is 10.2 Å². The molecule has 1 fully saturated rings. The third-order valence-electron chi connectivity index (χ3n) is 3.18. The molecule has 0 saturated heterocycles. The molecule has 0 aliphatic heterocycles. The van der Waals surface area contributed by atoms with Gasteiger partial charge >= 0.3 is 5.97 Å². The Morgan fingerprint density at radius 3 is 2.69 bits per heavy atom. The maximum atomic E-state index is 13.9. The van der Waals surface area contributed by atoms with Crippen molar-refractivity contribution >= 4 is 17.6 Å². The molecule has 1 N–H and O–H groups in total. The second-order valence-electron chi connectivity index (χ2n) is 4.40. The Balaban J connectivity index is 2.48. The Hall–Kier alpha value is -1.09. The zero-order valence-corrected chi connectivity index (χ0v) is 9.64. The molecule has 16 heavy (non-hydrogen) atoms. The molecule has 4 heteroatoms. The lowest BCUT2D eigenvalue weighted by Gasteiger charge is -2.17. The summed E-state index contributed by atoms with van der Waals surface area (Å²) >= 11 is 5.73. The molecule has 0 radical (unpaired) electrons. The van der Waals surface area contributed by atoms with Crippen LogP contribution in [0.2, 0.25) is 5.02 Å². The fourth-order valence-electron chi connectivity index (χ4n) is 2.25. The van der Waals surface area contributed by atoms with Crippen LogP contribution in [-0.4, -0.2) is 11.1 Å². The summed E-state index contributed by atoms with van der Waals surface area (Å²) in [6, 6.07) is 3.25. The predicted molar refractivity (Wildman–Crippen MR) is 59.3 cm³/mol. The molecule has 1 aromatic carbocycles. The van der Waals surface area contributed by atoms with Crippen LogP contribution in [0.4, 0.5) is 4.39 Å². The summed E-state index contributed by atoms with van der Waals surface area (Å²) in [5.74, 6) is -1.35. The van der Waals surface area contributed by atoms with Crippen LogP contribution in [0.1, 0.15) is 30.4 Å². The van der Waals surface area contributed by atoms with Gasteiger partial charge in [-0.1, -0.05) is 17.7 Å². The van der Waals surface area contributed by atoms with Crippen molar-refractivity contribution in [2.45, 2.75) is 31.6 Å². The summed E-state index contributed by atoms with van der Waals surface area (Å²) in [6.07, 6.45) is 1.42. The molecule has 0 atom stereocenters. The predicted octanol–water partition coefficient (Wildman–Crippen LogP) is 3.29. The Bertz CT molecular complexity index is 453. The van der Waals surface area contributed by atoms with Gasteiger partial charge in [0.2, 0.25) is 0 Å². The van der Waals surface area contributed by atoms with Crippen molar-refractivity contribution in [2.75, 3.05) is 0 Å². The Kier molecular flexibility index (Phi) is 2.66. The lowest BCUT2D eigenvalue weighted by Crippen LogP contribution is -2.16. The van der Waals surface area contributed by atoms with Crippen LogP contribution in [0.3, 0.4) is 0 Å². The van der Waals surface area contributed by atoms with Crippen LogP contribution in [0, 0.1) is 12.7 Å². The molecule has 1 aliphatic carbocycles. The summed E-state index contributed by atoms with van der Waals surface area (Å²) in [7, 11) is 0. The number of halogens is 2. The number of benzene rings is 1. The molecular weight excluding hydrogens is 231 g/mol. The minimum atomic E-state index is -0.892. The Morgan fingerprint density at radius 1 is 1.56 bits per heavy atom. The fourth-order valence-corrected chi connectivity index (χ4v) is 2.41. The van der Waals surface area contributed by atoms with Crippen LogP contribution in [0.15, 0.2) is 12.1 Å². The standard InChI is InChI=1S/C12H12ClFO2/c1-7-2-3-8(13)11(14)10(7)12(4-5-12)6-9(15)16/h2-3H,4-6H2,1H3,(H,15,16). The first kappa shape index (κ1) is 11.4. The van der Waals surface area contributed by atoms with Crippen molar-refractivity contribution in [3.63, 3.8) is 0 Å². The summed E-state index contributed by atoms with van der Waals surface area (Å²) in [5.41, 5.74) is 0.744. The molecule has 86 valence electrons. The van der Waals surface area contributed by atoms with Gasteiger partial charge in [-0.05, 0) is 37.0 Å². The van der Waals surface area contributed by atoms with Gasteiger partial charge in [-0.3, -0.25) is 4.79 Å². The van der Waals surface area contributed by atoms with E-state index >= 15 is 0 Å². The normalized spacial score (nSPS) is 17.2. The lowest BCUT2D eigenvalue weighted by molar-refractivity contribution is -0.137. The molecule has 2 rings (SSSR count). The molecule has 0 spiro atoms. The van der Waals surface area contributed by atoms with E-state index in [-0.39, 0.29) is 11.4 Å². The van der Waals surface area contributed by atoms with Gasteiger partial charge in [-0.15, -0.1) is 0 Å². The van der Waals surface area contributed by atoms with E-state index in [0.717, 1.165) is 18.4 Å². The largest absolute Gasteiger partial charge is 0.481 e. The third kappa shape index (κ3) is 1.80. The zero-order chi connectivity index (χ0) is 11.9. The van der Waals surface area contributed by atoms with Gasteiger partial charge < -0.3 is 5.11 Å². The van der Waals surface area contributed by atoms with E-state index in [4.69, 9.17) is 16.7 Å². The summed E-state index contributed by atoms with van der Waals surface area (Å²) in [4.78, 5) is 10.8. The van der Waals surface area contributed by atoms with E-state index in [1.807, 2.05) is 0 Å². The third-order valence-corrected chi connectivity index (χ3v) is 3.47. The van der Waals surface area contributed by atoms with E-state index < -0.39 is 17.2 Å². The van der Waals surface area contributed by atoms with E-state index in [9.17, 15) is 9.18 Å². The van der Waals surface area contributed by atoms with E-state index in [1.54, 1.807) is 13.0 Å². The number of hydrogen-bond donors (Lipinski definition) is 1. The first-order valence-electron chi connectivity index (χ1n) is 5.13. The number of aliphatic carboxylic acids is 1. The second-order valence-corrected chi connectivity index (χ2v) is 4.81. The average molecular weight is 243 g/mol. The number of aryl methyl sites for hydroxylation is 1. The highest BCUT2D eigenvalue weighted by molar-refractivity contribution is 6.30. The van der Waals surface area contributed by atoms with Gasteiger partial charge in [-0.25, -0.2) is 4.39 Å². The van der Waals surface area contributed by atoms with Crippen molar-refractivity contribution in [2.24, 2.45) is 0 Å². The maximum absolute atomic E-state index is 13.9. The SMILES string of the molecule is Cc1ccc(Cl)c(F)c1C1(CC(=O)O)CC1. The van der Waals surface area contributed by atoms with Crippen LogP contribution >= 0.6 is 11.6 Å². The summed E-state index contributed by atoms with van der Waals surface area (Å²) in [5, 5.41) is 8.91. The molecule has 0 aromatic heterocycles. The van der Waals surface area contributed by atoms with Crippen LogP contribution in [0.5, 0.6) is 0 Å². The van der Waals surface area contributed by atoms with Gasteiger partial charge in [-0.2, -0.15) is 0 Å². The molecule has 0 bridgehead atoms. The molecule has 2 nitrogen and oxygen atoms in total. The molecule has 0 unspecified atom stereocenters. The summed E-state index contributed by atoms with van der Waals surface area (Å²) < 4.78 is 13.9. The Labute approximate surface area is 98.0 Å². The first-order chi connectivity index (χ1) is 7.46. The van der Waals surface area contributed by atoms with Crippen molar-refractivity contribution in [3.8, 4) is 0 Å². The first-order valence-corrected chi connectivity index (χ1v) is 5.51. The van der Waals surface area contributed by atoms with Crippen molar-refractivity contribution < 1.29 is 14.3 Å². The fraction of sp³-hybridized carbons (Fsp3) is 0.417. The minimum absolute atomic E-state index is 0.0227. The molecule has 1 aliphatic rings. The highest BCUT2D eigenvalue weighted by Crippen LogP contribution is 2.53. The van der Waals surface area contributed by atoms with Gasteiger partial charge in [0, 0.05) is 5.41 Å². The number of carboxylic acid groups (broad SMARTS) is 1. The van der Waals surface area contributed by atoms with Gasteiger partial charge in [0.05, 0.1) is 11.4 Å². The minimum Gasteiger partial charge on any atom is -0.481 e. The van der Waals surface area contributed by atoms with Gasteiger partial charge in [0.15, 0.2) is 0 Å². The zero-order valence-electron chi connectivity index (χ0n) is 8.89. The summed E-state index contributed by atoms with van der Waals surface area (Å²) in [6.45, 7) is 1.79. The van der Waals surface area contributed by atoms with Crippen molar-refractivity contribution in [1.29, 1.82) is 0 Å². The quantitative estimate of drug-likeness (QED) is 0.883. The van der Waals surface area contributed by atoms with E-state index in [1.165, 1.54) is 6.07 Å². The topological polar surface area (TPSA) is 37.3 Å². The van der Waals surface area contributed by atoms with Gasteiger partial charge in [0.1, 0.15) is 5.82 Å². The Morgan fingerprint density at radius 2 is 2.19 bits per heavy atom. The molecule has 0 heterocycles. The second kappa shape index (κ2) is 3.74. The van der Waals surface area contributed by atoms with Crippen molar-refractivity contribution in [3.05, 3.63) is 34.1 Å². The number of rotatable bonds is 3. The van der Waals surface area contributed by atoms with Gasteiger partial charge in [0.25, 0.3) is 0 Å². The lowest BCUT2D eigenvalue weighted by atomic mass is 9.88. The van der Waals surface area contributed by atoms with Crippen molar-refractivity contribution in [1.82, 2.24) is 0 Å².